The summed E-state index contributed by atoms with van der Waals surface area (Å²) >= 11 is 1.85. The zero-order valence-electron chi connectivity index (χ0n) is 13.9. The van der Waals surface area contributed by atoms with Crippen LogP contribution in [0.2, 0.25) is 0 Å². The van der Waals surface area contributed by atoms with Gasteiger partial charge in [-0.15, -0.1) is 11.8 Å². The zero-order chi connectivity index (χ0) is 16.5. The number of aryl methyl sites for hydroxylation is 1. The Kier molecular flexibility index (Phi) is 6.94. The Balaban J connectivity index is 1.76. The maximum atomic E-state index is 4.48. The molecule has 1 unspecified atom stereocenters. The average Bonchev–Trinajstić information content (AvgIpc) is 2.56. The Hall–Kier alpha value is -2.01. The number of benzene rings is 1. The molecule has 0 aliphatic carbocycles. The first-order valence-corrected chi connectivity index (χ1v) is 8.64. The van der Waals surface area contributed by atoms with Gasteiger partial charge in [-0.2, -0.15) is 0 Å². The highest BCUT2D eigenvalue weighted by molar-refractivity contribution is 8.00. The molecule has 0 bridgehead atoms. The van der Waals surface area contributed by atoms with E-state index in [1.54, 1.807) is 7.05 Å². The quantitative estimate of drug-likeness (QED) is 0.485. The van der Waals surface area contributed by atoms with Gasteiger partial charge < -0.3 is 10.6 Å². The number of aliphatic imine (C=N–C) groups is 1. The van der Waals surface area contributed by atoms with Crippen molar-refractivity contribution >= 4 is 17.7 Å². The lowest BCUT2D eigenvalue weighted by atomic mass is 10.3. The average molecular weight is 328 g/mol. The van der Waals surface area contributed by atoms with E-state index in [-0.39, 0.29) is 0 Å². The number of hydrogen-bond donors (Lipinski definition) is 2. The van der Waals surface area contributed by atoms with Crippen molar-refractivity contribution < 1.29 is 0 Å². The number of nitrogens with zero attached hydrogens (tertiary/aromatic N) is 2. The molecule has 2 N–H and O–H groups in total. The zero-order valence-corrected chi connectivity index (χ0v) is 14.7. The van der Waals surface area contributed by atoms with Crippen LogP contribution in [-0.2, 0) is 6.54 Å². The van der Waals surface area contributed by atoms with Gasteiger partial charge in [-0.3, -0.25) is 9.98 Å². The standard InChI is InChI=1S/C18H24N4S/c1-14-8-7-9-16(22-14)13-21-18(19-3)20-12-15(2)23-17-10-5-4-6-11-17/h4-11,15H,12-13H2,1-3H3,(H2,19,20,21). The van der Waals surface area contributed by atoms with Crippen molar-refractivity contribution in [2.75, 3.05) is 13.6 Å². The van der Waals surface area contributed by atoms with Gasteiger partial charge in [0.1, 0.15) is 0 Å². The highest BCUT2D eigenvalue weighted by atomic mass is 32.2. The molecule has 23 heavy (non-hydrogen) atoms. The second-order valence-corrected chi connectivity index (χ2v) is 6.83. The molecule has 1 aromatic carbocycles. The minimum absolute atomic E-state index is 0.452. The Morgan fingerprint density at radius 1 is 1.13 bits per heavy atom. The molecule has 0 fully saturated rings. The van der Waals surface area contributed by atoms with Crippen LogP contribution < -0.4 is 10.6 Å². The lowest BCUT2D eigenvalue weighted by molar-refractivity contribution is 0.778. The molecule has 5 heteroatoms. The third kappa shape index (κ3) is 6.32. The van der Waals surface area contributed by atoms with E-state index in [2.05, 4.69) is 51.8 Å². The van der Waals surface area contributed by atoms with Gasteiger partial charge in [0.25, 0.3) is 0 Å². The van der Waals surface area contributed by atoms with E-state index in [9.17, 15) is 0 Å². The molecule has 1 atom stereocenters. The summed E-state index contributed by atoms with van der Waals surface area (Å²) < 4.78 is 0. The lowest BCUT2D eigenvalue weighted by Gasteiger charge is -2.16. The maximum absolute atomic E-state index is 4.48. The predicted molar refractivity (Wildman–Crippen MR) is 98.9 cm³/mol. The summed E-state index contributed by atoms with van der Waals surface area (Å²) in [5.41, 5.74) is 2.04. The van der Waals surface area contributed by atoms with Crippen molar-refractivity contribution in [1.29, 1.82) is 0 Å². The Morgan fingerprint density at radius 3 is 2.61 bits per heavy atom. The number of rotatable bonds is 6. The molecule has 0 saturated carbocycles. The fourth-order valence-electron chi connectivity index (χ4n) is 2.11. The summed E-state index contributed by atoms with van der Waals surface area (Å²) in [5.74, 6) is 0.800. The van der Waals surface area contributed by atoms with Gasteiger partial charge in [-0.25, -0.2) is 0 Å². The van der Waals surface area contributed by atoms with Gasteiger partial charge in [0.05, 0.1) is 12.2 Å². The first kappa shape index (κ1) is 17.3. The van der Waals surface area contributed by atoms with Crippen molar-refractivity contribution in [3.05, 3.63) is 59.9 Å². The molecule has 0 saturated heterocycles. The van der Waals surface area contributed by atoms with E-state index in [0.29, 0.717) is 11.8 Å². The second kappa shape index (κ2) is 9.20. The molecule has 1 heterocycles. The number of aromatic nitrogens is 1. The van der Waals surface area contributed by atoms with Crippen LogP contribution in [0.1, 0.15) is 18.3 Å². The van der Waals surface area contributed by atoms with Crippen molar-refractivity contribution in [1.82, 2.24) is 15.6 Å². The van der Waals surface area contributed by atoms with Crippen molar-refractivity contribution in [2.45, 2.75) is 30.5 Å². The van der Waals surface area contributed by atoms with Crippen molar-refractivity contribution in [2.24, 2.45) is 4.99 Å². The molecule has 1 aromatic heterocycles. The van der Waals surface area contributed by atoms with E-state index in [1.165, 1.54) is 4.90 Å². The molecule has 0 radical (unpaired) electrons. The first-order valence-electron chi connectivity index (χ1n) is 7.76. The fourth-order valence-corrected chi connectivity index (χ4v) is 3.05. The van der Waals surface area contributed by atoms with Crippen LogP contribution in [-0.4, -0.2) is 29.8 Å². The number of hydrogen-bond acceptors (Lipinski definition) is 3. The van der Waals surface area contributed by atoms with Gasteiger partial charge in [0, 0.05) is 29.4 Å². The van der Waals surface area contributed by atoms with Crippen LogP contribution in [0.25, 0.3) is 0 Å². The van der Waals surface area contributed by atoms with Gasteiger partial charge in [-0.1, -0.05) is 31.2 Å². The summed E-state index contributed by atoms with van der Waals surface area (Å²) in [5, 5.41) is 7.12. The summed E-state index contributed by atoms with van der Waals surface area (Å²) in [6.07, 6.45) is 0. The summed E-state index contributed by atoms with van der Waals surface area (Å²) in [4.78, 5) is 10.0. The Morgan fingerprint density at radius 2 is 1.91 bits per heavy atom. The third-order valence-electron chi connectivity index (χ3n) is 3.24. The van der Waals surface area contributed by atoms with E-state index in [4.69, 9.17) is 0 Å². The van der Waals surface area contributed by atoms with Gasteiger partial charge >= 0.3 is 0 Å². The molecule has 0 amide bonds. The molecule has 122 valence electrons. The molecule has 0 aliphatic heterocycles. The minimum atomic E-state index is 0.452. The van der Waals surface area contributed by atoms with Crippen molar-refractivity contribution in [3.63, 3.8) is 0 Å². The summed E-state index contributed by atoms with van der Waals surface area (Å²) in [7, 11) is 1.79. The molecule has 4 nitrogen and oxygen atoms in total. The van der Waals surface area contributed by atoms with Gasteiger partial charge in [0.2, 0.25) is 0 Å². The lowest BCUT2D eigenvalue weighted by Crippen LogP contribution is -2.39. The second-order valence-electron chi connectivity index (χ2n) is 5.32. The predicted octanol–water partition coefficient (Wildman–Crippen LogP) is 3.24. The normalized spacial score (nSPS) is 12.7. The highest BCUT2D eigenvalue weighted by Gasteiger charge is 2.06. The number of guanidine groups is 1. The summed E-state index contributed by atoms with van der Waals surface area (Å²) in [6.45, 7) is 5.72. The Labute approximate surface area is 142 Å². The van der Waals surface area contributed by atoms with Crippen molar-refractivity contribution in [3.8, 4) is 0 Å². The monoisotopic (exact) mass is 328 g/mol. The van der Waals surface area contributed by atoms with Gasteiger partial charge in [-0.05, 0) is 31.2 Å². The maximum Gasteiger partial charge on any atom is 0.191 e. The molecular weight excluding hydrogens is 304 g/mol. The molecule has 0 spiro atoms. The van der Waals surface area contributed by atoms with E-state index in [1.807, 2.05) is 43.0 Å². The van der Waals surface area contributed by atoms with Crippen LogP contribution in [0.4, 0.5) is 0 Å². The van der Waals surface area contributed by atoms with Crippen LogP contribution in [0, 0.1) is 6.92 Å². The third-order valence-corrected chi connectivity index (χ3v) is 4.36. The van der Waals surface area contributed by atoms with Crippen LogP contribution >= 0.6 is 11.8 Å². The van der Waals surface area contributed by atoms with E-state index >= 15 is 0 Å². The minimum Gasteiger partial charge on any atom is -0.355 e. The first-order chi connectivity index (χ1) is 11.2. The molecular formula is C18H24N4S. The number of pyridine rings is 1. The smallest absolute Gasteiger partial charge is 0.191 e. The SMILES string of the molecule is CN=C(NCc1cccc(C)n1)NCC(C)Sc1ccccc1. The Bertz CT molecular complexity index is 628. The van der Waals surface area contributed by atoms with E-state index in [0.717, 1.165) is 23.9 Å². The topological polar surface area (TPSA) is 49.3 Å². The molecule has 2 aromatic rings. The highest BCUT2D eigenvalue weighted by Crippen LogP contribution is 2.21. The number of thioether (sulfide) groups is 1. The number of nitrogens with one attached hydrogen (secondary N) is 2. The molecule has 2 rings (SSSR count). The van der Waals surface area contributed by atoms with Gasteiger partial charge in [0.15, 0.2) is 5.96 Å². The van der Waals surface area contributed by atoms with Crippen LogP contribution in [0.5, 0.6) is 0 Å². The summed E-state index contributed by atoms with van der Waals surface area (Å²) in [6, 6.07) is 16.5. The fraction of sp³-hybridized carbons (Fsp3) is 0.333. The van der Waals surface area contributed by atoms with Crippen LogP contribution in [0.15, 0.2) is 58.4 Å². The van der Waals surface area contributed by atoms with E-state index < -0.39 is 0 Å². The largest absolute Gasteiger partial charge is 0.355 e. The van der Waals surface area contributed by atoms with Crippen LogP contribution in [0.3, 0.4) is 0 Å². The molecule has 0 aliphatic rings.